The van der Waals surface area contributed by atoms with Gasteiger partial charge in [0.15, 0.2) is 0 Å². The molecule has 0 fully saturated rings. The monoisotopic (exact) mass is 330 g/mol. The van der Waals surface area contributed by atoms with Gasteiger partial charge >= 0.3 is 6.18 Å². The van der Waals surface area contributed by atoms with Crippen LogP contribution < -0.4 is 10.9 Å². The average molecular weight is 331 g/mol. The fraction of sp³-hybridized carbons (Fsp3) is 0.143. The highest BCUT2D eigenvalue weighted by atomic mass is 35.5. The number of benzene rings is 1. The van der Waals surface area contributed by atoms with Crippen molar-refractivity contribution in [3.8, 4) is 0 Å². The Labute approximate surface area is 128 Å². The molecule has 1 heterocycles. The summed E-state index contributed by atoms with van der Waals surface area (Å²) in [5, 5.41) is 2.94. The number of pyridine rings is 1. The average Bonchev–Trinajstić information content (AvgIpc) is 2.42. The van der Waals surface area contributed by atoms with E-state index in [4.69, 9.17) is 11.6 Å². The van der Waals surface area contributed by atoms with Crippen LogP contribution >= 0.6 is 11.6 Å². The molecule has 0 aliphatic rings. The predicted octanol–water partition coefficient (Wildman–Crippen LogP) is 3.16. The first-order chi connectivity index (χ1) is 10.3. The second kappa shape index (κ2) is 6.23. The van der Waals surface area contributed by atoms with Crippen LogP contribution in [0.2, 0.25) is 5.02 Å². The number of carbonyl (C=O) groups excluding carboxylic acids is 1. The van der Waals surface area contributed by atoms with Gasteiger partial charge in [-0.15, -0.1) is 0 Å². The Bertz CT molecular complexity index is 739. The maximum absolute atomic E-state index is 12.6. The van der Waals surface area contributed by atoms with E-state index in [0.29, 0.717) is 21.3 Å². The fourth-order valence-electron chi connectivity index (χ4n) is 1.77. The number of rotatable bonds is 3. The smallest absolute Gasteiger partial charge is 0.325 e. The van der Waals surface area contributed by atoms with Crippen LogP contribution in [0.4, 0.5) is 18.9 Å². The van der Waals surface area contributed by atoms with Crippen LogP contribution in [0.15, 0.2) is 47.4 Å². The zero-order chi connectivity index (χ0) is 16.3. The summed E-state index contributed by atoms with van der Waals surface area (Å²) in [5.74, 6) is -0.622. The van der Waals surface area contributed by atoms with E-state index in [1.165, 1.54) is 12.1 Å². The number of amides is 1. The molecule has 0 spiro atoms. The Morgan fingerprint density at radius 2 is 1.82 bits per heavy atom. The van der Waals surface area contributed by atoms with Crippen LogP contribution in [0.1, 0.15) is 5.56 Å². The molecule has 4 nitrogen and oxygen atoms in total. The van der Waals surface area contributed by atoms with Crippen LogP contribution in [0.3, 0.4) is 0 Å². The van der Waals surface area contributed by atoms with Crippen LogP contribution in [0.25, 0.3) is 0 Å². The summed E-state index contributed by atoms with van der Waals surface area (Å²) in [6, 6.07) is 7.92. The lowest BCUT2D eigenvalue weighted by atomic mass is 10.2. The number of nitrogens with one attached hydrogen (secondary N) is 1. The first-order valence-corrected chi connectivity index (χ1v) is 6.47. The largest absolute Gasteiger partial charge is 0.421 e. The Morgan fingerprint density at radius 3 is 2.41 bits per heavy atom. The molecule has 0 unspecified atom stereocenters. The van der Waals surface area contributed by atoms with Gasteiger partial charge in [-0.1, -0.05) is 11.6 Å². The molecular formula is C14H10ClF3N2O2. The minimum atomic E-state index is -4.76. The molecule has 0 saturated carbocycles. The fourth-order valence-corrected chi connectivity index (χ4v) is 1.89. The molecule has 22 heavy (non-hydrogen) atoms. The van der Waals surface area contributed by atoms with E-state index in [9.17, 15) is 22.8 Å². The van der Waals surface area contributed by atoms with Crippen molar-refractivity contribution in [1.29, 1.82) is 0 Å². The SMILES string of the molecule is O=C(Cn1cccc(C(F)(F)F)c1=O)Nc1ccc(Cl)cc1. The third kappa shape index (κ3) is 3.88. The number of hydrogen-bond acceptors (Lipinski definition) is 2. The van der Waals surface area contributed by atoms with Gasteiger partial charge in [0.2, 0.25) is 5.91 Å². The Kier molecular flexibility index (Phi) is 4.56. The maximum atomic E-state index is 12.6. The molecule has 2 aromatic rings. The Balaban J connectivity index is 2.15. The van der Waals surface area contributed by atoms with E-state index in [0.717, 1.165) is 12.3 Å². The van der Waals surface area contributed by atoms with Crippen molar-refractivity contribution >= 4 is 23.2 Å². The lowest BCUT2D eigenvalue weighted by molar-refractivity contribution is -0.139. The minimum absolute atomic E-state index is 0.425. The van der Waals surface area contributed by atoms with E-state index >= 15 is 0 Å². The van der Waals surface area contributed by atoms with E-state index in [-0.39, 0.29) is 0 Å². The van der Waals surface area contributed by atoms with Crippen molar-refractivity contribution in [3.05, 3.63) is 63.5 Å². The van der Waals surface area contributed by atoms with E-state index < -0.39 is 29.8 Å². The molecule has 0 radical (unpaired) electrons. The highest BCUT2D eigenvalue weighted by Crippen LogP contribution is 2.25. The van der Waals surface area contributed by atoms with Gasteiger partial charge in [-0.05, 0) is 36.4 Å². The third-order valence-corrected chi connectivity index (χ3v) is 3.02. The standard InChI is InChI=1S/C14H10ClF3N2O2/c15-9-3-5-10(6-4-9)19-12(21)8-20-7-1-2-11(13(20)22)14(16,17)18/h1-7H,8H2,(H,19,21). The molecular weight excluding hydrogens is 321 g/mol. The summed E-state index contributed by atoms with van der Waals surface area (Å²) in [5.41, 5.74) is -2.15. The lowest BCUT2D eigenvalue weighted by Crippen LogP contribution is -2.31. The molecule has 0 bridgehead atoms. The van der Waals surface area contributed by atoms with E-state index in [1.54, 1.807) is 12.1 Å². The van der Waals surface area contributed by atoms with E-state index in [2.05, 4.69) is 5.32 Å². The van der Waals surface area contributed by atoms with Crippen LogP contribution in [-0.2, 0) is 17.5 Å². The van der Waals surface area contributed by atoms with Crippen molar-refractivity contribution in [2.24, 2.45) is 0 Å². The summed E-state index contributed by atoms with van der Waals surface area (Å²) in [6.45, 7) is -0.522. The highest BCUT2D eigenvalue weighted by Gasteiger charge is 2.34. The number of halogens is 4. The molecule has 1 aromatic heterocycles. The number of alkyl halides is 3. The van der Waals surface area contributed by atoms with Gasteiger partial charge in [-0.25, -0.2) is 0 Å². The Hall–Kier alpha value is -2.28. The maximum Gasteiger partial charge on any atom is 0.421 e. The van der Waals surface area contributed by atoms with Gasteiger partial charge in [0.25, 0.3) is 5.56 Å². The van der Waals surface area contributed by atoms with Gasteiger partial charge < -0.3 is 9.88 Å². The zero-order valence-electron chi connectivity index (χ0n) is 11.0. The summed E-state index contributed by atoms with van der Waals surface area (Å²) in [7, 11) is 0. The summed E-state index contributed by atoms with van der Waals surface area (Å²) >= 11 is 5.69. The van der Waals surface area contributed by atoms with Gasteiger partial charge in [0.05, 0.1) is 0 Å². The van der Waals surface area contributed by atoms with Crippen molar-refractivity contribution in [2.75, 3.05) is 5.32 Å². The van der Waals surface area contributed by atoms with Gasteiger partial charge in [-0.3, -0.25) is 9.59 Å². The quantitative estimate of drug-likeness (QED) is 0.940. The van der Waals surface area contributed by atoms with Crippen LogP contribution in [0.5, 0.6) is 0 Å². The molecule has 0 saturated heterocycles. The number of aromatic nitrogens is 1. The summed E-state index contributed by atoms with van der Waals surface area (Å²) in [6.07, 6.45) is -3.63. The molecule has 0 aliphatic carbocycles. The van der Waals surface area contributed by atoms with Gasteiger partial charge in [-0.2, -0.15) is 13.2 Å². The molecule has 116 valence electrons. The Morgan fingerprint density at radius 1 is 1.18 bits per heavy atom. The lowest BCUT2D eigenvalue weighted by Gasteiger charge is -2.10. The van der Waals surface area contributed by atoms with E-state index in [1.807, 2.05) is 0 Å². The van der Waals surface area contributed by atoms with Crippen molar-refractivity contribution in [2.45, 2.75) is 12.7 Å². The second-order valence-corrected chi connectivity index (χ2v) is 4.84. The molecule has 0 atom stereocenters. The first kappa shape index (κ1) is 16.1. The minimum Gasteiger partial charge on any atom is -0.325 e. The summed E-state index contributed by atoms with van der Waals surface area (Å²) in [4.78, 5) is 23.5. The van der Waals surface area contributed by atoms with Crippen molar-refractivity contribution < 1.29 is 18.0 Å². The number of carbonyl (C=O) groups is 1. The molecule has 0 aliphatic heterocycles. The molecule has 8 heteroatoms. The topological polar surface area (TPSA) is 51.1 Å². The van der Waals surface area contributed by atoms with Gasteiger partial charge in [0, 0.05) is 16.9 Å². The number of anilines is 1. The zero-order valence-corrected chi connectivity index (χ0v) is 11.8. The van der Waals surface area contributed by atoms with Crippen LogP contribution in [-0.4, -0.2) is 10.5 Å². The van der Waals surface area contributed by atoms with Crippen molar-refractivity contribution in [1.82, 2.24) is 4.57 Å². The molecule has 1 aromatic carbocycles. The normalized spacial score (nSPS) is 11.3. The number of hydrogen-bond donors (Lipinski definition) is 1. The molecule has 2 rings (SSSR count). The van der Waals surface area contributed by atoms with Crippen LogP contribution in [0, 0.1) is 0 Å². The molecule has 1 amide bonds. The highest BCUT2D eigenvalue weighted by molar-refractivity contribution is 6.30. The summed E-state index contributed by atoms with van der Waals surface area (Å²) < 4.78 is 38.6. The number of nitrogens with zero attached hydrogens (tertiary/aromatic N) is 1. The second-order valence-electron chi connectivity index (χ2n) is 4.41. The van der Waals surface area contributed by atoms with Crippen molar-refractivity contribution in [3.63, 3.8) is 0 Å². The molecule has 1 N–H and O–H groups in total. The predicted molar refractivity (Wildman–Crippen MR) is 75.8 cm³/mol. The van der Waals surface area contributed by atoms with Gasteiger partial charge in [0.1, 0.15) is 12.1 Å². The third-order valence-electron chi connectivity index (χ3n) is 2.77. The first-order valence-electron chi connectivity index (χ1n) is 6.09.